The van der Waals surface area contributed by atoms with E-state index in [1.165, 1.54) is 28.7 Å². The molecule has 0 saturated carbocycles. The van der Waals surface area contributed by atoms with Crippen LogP contribution >= 0.6 is 23.1 Å². The summed E-state index contributed by atoms with van der Waals surface area (Å²) in [6, 6.07) is 7.98. The molecule has 0 aliphatic rings. The van der Waals surface area contributed by atoms with E-state index < -0.39 is 0 Å². The summed E-state index contributed by atoms with van der Waals surface area (Å²) in [5.41, 5.74) is 2.91. The van der Waals surface area contributed by atoms with Crippen molar-refractivity contribution in [2.45, 2.75) is 46.2 Å². The zero-order chi connectivity index (χ0) is 21.1. The summed E-state index contributed by atoms with van der Waals surface area (Å²) in [5, 5.41) is 1.24. The molecule has 0 unspecified atom stereocenters. The highest BCUT2D eigenvalue weighted by molar-refractivity contribution is 7.99. The molecule has 29 heavy (non-hydrogen) atoms. The lowest BCUT2D eigenvalue weighted by atomic mass is 10.1. The SMILES string of the molecule is CCc1ccc(-n2c(SCC(=O)N(CC)CC)nc3sc(C)c(C)c3c2=O)cc1. The van der Waals surface area contributed by atoms with Crippen molar-refractivity contribution < 1.29 is 4.79 Å². The van der Waals surface area contributed by atoms with Crippen LogP contribution in [0, 0.1) is 13.8 Å². The Balaban J connectivity index is 2.11. The molecule has 5 nitrogen and oxygen atoms in total. The number of nitrogens with zero attached hydrogens (tertiary/aromatic N) is 3. The van der Waals surface area contributed by atoms with Gasteiger partial charge >= 0.3 is 0 Å². The number of thioether (sulfide) groups is 1. The predicted octanol–water partition coefficient (Wildman–Crippen LogP) is 4.59. The smallest absolute Gasteiger partial charge is 0.267 e. The number of fused-ring (bicyclic) bond motifs is 1. The molecule has 3 rings (SSSR count). The van der Waals surface area contributed by atoms with Crippen LogP contribution in [0.3, 0.4) is 0 Å². The van der Waals surface area contributed by atoms with Crippen LogP contribution in [0.5, 0.6) is 0 Å². The van der Waals surface area contributed by atoms with E-state index in [0.29, 0.717) is 23.6 Å². The van der Waals surface area contributed by atoms with E-state index in [1.807, 2.05) is 52.0 Å². The normalized spacial score (nSPS) is 11.2. The topological polar surface area (TPSA) is 55.2 Å². The summed E-state index contributed by atoms with van der Waals surface area (Å²) in [6.45, 7) is 11.4. The molecular formula is C22H27N3O2S2. The van der Waals surface area contributed by atoms with Gasteiger partial charge in [0.1, 0.15) is 4.83 Å². The molecular weight excluding hydrogens is 402 g/mol. The van der Waals surface area contributed by atoms with Gasteiger partial charge in [-0.15, -0.1) is 11.3 Å². The average molecular weight is 430 g/mol. The maximum Gasteiger partial charge on any atom is 0.267 e. The molecule has 3 aromatic rings. The van der Waals surface area contributed by atoms with Gasteiger partial charge < -0.3 is 4.90 Å². The molecule has 1 amide bonds. The van der Waals surface area contributed by atoms with Crippen LogP contribution in [0.4, 0.5) is 0 Å². The van der Waals surface area contributed by atoms with E-state index in [1.54, 1.807) is 9.47 Å². The lowest BCUT2D eigenvalue weighted by Crippen LogP contribution is -2.32. The van der Waals surface area contributed by atoms with Crippen LogP contribution in [-0.4, -0.2) is 39.2 Å². The Labute approximate surface area is 179 Å². The number of amides is 1. The van der Waals surface area contributed by atoms with E-state index in [2.05, 4.69) is 6.92 Å². The van der Waals surface area contributed by atoms with Gasteiger partial charge in [-0.1, -0.05) is 30.8 Å². The van der Waals surface area contributed by atoms with Crippen molar-refractivity contribution >= 4 is 39.2 Å². The van der Waals surface area contributed by atoms with Gasteiger partial charge in [-0.2, -0.15) is 0 Å². The molecule has 1 aromatic carbocycles. The predicted molar refractivity (Wildman–Crippen MR) is 123 cm³/mol. The first-order chi connectivity index (χ1) is 13.9. The van der Waals surface area contributed by atoms with Crippen molar-refractivity contribution in [1.29, 1.82) is 0 Å². The first kappa shape index (κ1) is 21.6. The highest BCUT2D eigenvalue weighted by Gasteiger charge is 2.19. The average Bonchev–Trinajstić information content (AvgIpc) is 3.01. The zero-order valence-corrected chi connectivity index (χ0v) is 19.2. The maximum absolute atomic E-state index is 13.5. The minimum atomic E-state index is -0.0705. The molecule has 0 radical (unpaired) electrons. The molecule has 154 valence electrons. The number of aryl methyl sites for hydroxylation is 3. The van der Waals surface area contributed by atoms with Crippen LogP contribution in [0.1, 0.15) is 36.8 Å². The minimum Gasteiger partial charge on any atom is -0.343 e. The second-order valence-corrected chi connectivity index (χ2v) is 9.02. The zero-order valence-electron chi connectivity index (χ0n) is 17.6. The van der Waals surface area contributed by atoms with Crippen molar-refractivity contribution in [3.05, 3.63) is 50.6 Å². The van der Waals surface area contributed by atoms with Crippen LogP contribution in [-0.2, 0) is 11.2 Å². The van der Waals surface area contributed by atoms with Crippen molar-refractivity contribution in [2.24, 2.45) is 0 Å². The second-order valence-electron chi connectivity index (χ2n) is 6.87. The van der Waals surface area contributed by atoms with Crippen LogP contribution in [0.2, 0.25) is 0 Å². The Bertz CT molecular complexity index is 1080. The molecule has 0 spiro atoms. The highest BCUT2D eigenvalue weighted by Crippen LogP contribution is 2.29. The van der Waals surface area contributed by atoms with Gasteiger partial charge in [-0.05, 0) is 57.4 Å². The molecule has 2 aromatic heterocycles. The summed E-state index contributed by atoms with van der Waals surface area (Å²) in [7, 11) is 0. The first-order valence-corrected chi connectivity index (χ1v) is 11.7. The summed E-state index contributed by atoms with van der Waals surface area (Å²) in [6.07, 6.45) is 0.940. The lowest BCUT2D eigenvalue weighted by Gasteiger charge is -2.19. The number of benzene rings is 1. The lowest BCUT2D eigenvalue weighted by molar-refractivity contribution is -0.127. The third-order valence-corrected chi connectivity index (χ3v) is 7.24. The Kier molecular flexibility index (Phi) is 6.80. The number of rotatable bonds is 7. The van der Waals surface area contributed by atoms with E-state index in [9.17, 15) is 9.59 Å². The fourth-order valence-electron chi connectivity index (χ4n) is 3.27. The maximum atomic E-state index is 13.5. The van der Waals surface area contributed by atoms with E-state index >= 15 is 0 Å². The number of carbonyl (C=O) groups excluding carboxylic acids is 1. The fraction of sp³-hybridized carbons (Fsp3) is 0.409. The van der Waals surface area contributed by atoms with Crippen molar-refractivity contribution in [3.63, 3.8) is 0 Å². The molecule has 0 N–H and O–H groups in total. The fourth-order valence-corrected chi connectivity index (χ4v) is 5.26. The highest BCUT2D eigenvalue weighted by atomic mass is 32.2. The third-order valence-electron chi connectivity index (χ3n) is 5.22. The minimum absolute atomic E-state index is 0.0563. The number of thiophene rings is 1. The van der Waals surface area contributed by atoms with Crippen LogP contribution < -0.4 is 5.56 Å². The molecule has 0 saturated heterocycles. The van der Waals surface area contributed by atoms with Gasteiger partial charge in [0.15, 0.2) is 5.16 Å². The first-order valence-electron chi connectivity index (χ1n) is 9.93. The molecule has 0 bridgehead atoms. The number of hydrogen-bond donors (Lipinski definition) is 0. The van der Waals surface area contributed by atoms with Gasteiger partial charge in [-0.25, -0.2) is 4.98 Å². The van der Waals surface area contributed by atoms with Crippen LogP contribution in [0.25, 0.3) is 15.9 Å². The molecule has 0 aliphatic carbocycles. The van der Waals surface area contributed by atoms with E-state index in [-0.39, 0.29) is 17.2 Å². The molecule has 0 atom stereocenters. The Morgan fingerprint density at radius 1 is 1.14 bits per heavy atom. The summed E-state index contributed by atoms with van der Waals surface area (Å²) >= 11 is 2.86. The number of carbonyl (C=O) groups is 1. The summed E-state index contributed by atoms with van der Waals surface area (Å²) in [5.74, 6) is 0.316. The number of hydrogen-bond acceptors (Lipinski definition) is 5. The van der Waals surface area contributed by atoms with Crippen LogP contribution in [0.15, 0.2) is 34.2 Å². The van der Waals surface area contributed by atoms with Crippen molar-refractivity contribution in [3.8, 4) is 5.69 Å². The molecule has 2 heterocycles. The summed E-state index contributed by atoms with van der Waals surface area (Å²) in [4.78, 5) is 34.4. The van der Waals surface area contributed by atoms with Crippen molar-refractivity contribution in [2.75, 3.05) is 18.8 Å². The molecule has 0 fully saturated rings. The molecule has 7 heteroatoms. The summed E-state index contributed by atoms with van der Waals surface area (Å²) < 4.78 is 1.65. The second kappa shape index (κ2) is 9.13. The molecule has 0 aliphatic heterocycles. The van der Waals surface area contributed by atoms with E-state index in [4.69, 9.17) is 4.98 Å². The standard InChI is InChI=1S/C22H27N3O2S2/c1-6-16-9-11-17(12-10-16)25-21(27)19-14(4)15(5)29-20(19)23-22(25)28-13-18(26)24(7-2)8-3/h9-12H,6-8,13H2,1-5H3. The van der Waals surface area contributed by atoms with Gasteiger partial charge in [-0.3, -0.25) is 14.2 Å². The Hall–Kier alpha value is -2.12. The number of aromatic nitrogens is 2. The van der Waals surface area contributed by atoms with Gasteiger partial charge in [0.25, 0.3) is 5.56 Å². The van der Waals surface area contributed by atoms with Crippen molar-refractivity contribution in [1.82, 2.24) is 14.5 Å². The van der Waals surface area contributed by atoms with Gasteiger partial charge in [0.2, 0.25) is 5.91 Å². The van der Waals surface area contributed by atoms with Gasteiger partial charge in [0, 0.05) is 18.0 Å². The Morgan fingerprint density at radius 2 is 1.79 bits per heavy atom. The third kappa shape index (κ3) is 4.26. The Morgan fingerprint density at radius 3 is 2.38 bits per heavy atom. The van der Waals surface area contributed by atoms with Gasteiger partial charge in [0.05, 0.1) is 16.8 Å². The van der Waals surface area contributed by atoms with E-state index in [0.717, 1.165) is 27.4 Å². The quantitative estimate of drug-likeness (QED) is 0.407. The largest absolute Gasteiger partial charge is 0.343 e. The monoisotopic (exact) mass is 429 g/mol.